The Bertz CT molecular complexity index is 1010. The summed E-state index contributed by atoms with van der Waals surface area (Å²) in [6.45, 7) is 2.64. The van der Waals surface area contributed by atoms with Gasteiger partial charge in [0, 0.05) is 22.9 Å². The van der Waals surface area contributed by atoms with Gasteiger partial charge < -0.3 is 14.8 Å². The van der Waals surface area contributed by atoms with Crippen molar-refractivity contribution in [2.24, 2.45) is 0 Å². The second kappa shape index (κ2) is 10.6. The van der Waals surface area contributed by atoms with Gasteiger partial charge in [-0.3, -0.25) is 4.79 Å². The highest BCUT2D eigenvalue weighted by Gasteiger charge is 2.08. The van der Waals surface area contributed by atoms with E-state index in [0.29, 0.717) is 23.6 Å². The van der Waals surface area contributed by atoms with Crippen LogP contribution in [0.1, 0.15) is 29.3 Å². The summed E-state index contributed by atoms with van der Waals surface area (Å²) in [5.74, 6) is 0.332. The number of hydrogen-bond acceptors (Lipinski definition) is 4. The summed E-state index contributed by atoms with van der Waals surface area (Å²) in [5, 5.41) is 2.81. The second-order valence-corrected chi connectivity index (χ2v) is 6.49. The second-order valence-electron chi connectivity index (χ2n) is 6.49. The molecule has 1 N–H and O–H groups in total. The van der Waals surface area contributed by atoms with E-state index in [9.17, 15) is 9.59 Å². The Morgan fingerprint density at radius 1 is 0.900 bits per heavy atom. The third kappa shape index (κ3) is 6.07. The van der Waals surface area contributed by atoms with Crippen LogP contribution in [0.3, 0.4) is 0 Å². The number of carbonyl (C=O) groups excluding carboxylic acids is 2. The maximum Gasteiger partial charge on any atom is 0.336 e. The van der Waals surface area contributed by atoms with Gasteiger partial charge in [-0.05, 0) is 55.0 Å². The summed E-state index contributed by atoms with van der Waals surface area (Å²) in [6.07, 6.45) is 3.92. The fourth-order valence-corrected chi connectivity index (χ4v) is 2.67. The number of benzene rings is 3. The van der Waals surface area contributed by atoms with Crippen LogP contribution in [-0.2, 0) is 4.79 Å². The fraction of sp³-hybridized carbons (Fsp3) is 0.120. The van der Waals surface area contributed by atoms with Crippen LogP contribution in [-0.4, -0.2) is 18.5 Å². The van der Waals surface area contributed by atoms with E-state index in [-0.39, 0.29) is 5.91 Å². The van der Waals surface area contributed by atoms with E-state index in [1.165, 1.54) is 6.08 Å². The highest BCUT2D eigenvalue weighted by Crippen LogP contribution is 2.20. The van der Waals surface area contributed by atoms with Crippen molar-refractivity contribution in [1.29, 1.82) is 0 Å². The molecular weight excluding hydrogens is 378 g/mol. The van der Waals surface area contributed by atoms with Gasteiger partial charge in [0.25, 0.3) is 5.91 Å². The quantitative estimate of drug-likeness (QED) is 0.314. The van der Waals surface area contributed by atoms with Crippen molar-refractivity contribution < 1.29 is 19.1 Å². The predicted octanol–water partition coefficient (Wildman–Crippen LogP) is 5.35. The number of anilines is 1. The first-order valence-corrected chi connectivity index (χ1v) is 9.74. The van der Waals surface area contributed by atoms with E-state index >= 15 is 0 Å². The number of ether oxygens (including phenoxy) is 2. The molecule has 5 nitrogen and oxygen atoms in total. The third-order valence-corrected chi connectivity index (χ3v) is 4.15. The molecule has 0 radical (unpaired) electrons. The lowest BCUT2D eigenvalue weighted by molar-refractivity contribution is -0.128. The SMILES string of the molecule is CCCOc1ccccc1/C=C/C(=O)Oc1ccc(C(=O)Nc2ccccc2)cc1. The average molecular weight is 401 g/mol. The molecule has 0 heterocycles. The summed E-state index contributed by atoms with van der Waals surface area (Å²) >= 11 is 0. The van der Waals surface area contributed by atoms with Crippen molar-refractivity contribution in [3.63, 3.8) is 0 Å². The summed E-state index contributed by atoms with van der Waals surface area (Å²) < 4.78 is 11.0. The smallest absolute Gasteiger partial charge is 0.336 e. The molecule has 0 spiro atoms. The Kier molecular flexibility index (Phi) is 7.39. The number of hydrogen-bond donors (Lipinski definition) is 1. The minimum Gasteiger partial charge on any atom is -0.493 e. The molecule has 1 amide bonds. The molecule has 0 unspecified atom stereocenters. The van der Waals surface area contributed by atoms with E-state index in [4.69, 9.17) is 9.47 Å². The highest BCUT2D eigenvalue weighted by molar-refractivity contribution is 6.04. The maximum atomic E-state index is 12.3. The minimum atomic E-state index is -0.512. The van der Waals surface area contributed by atoms with Crippen LogP contribution in [0.2, 0.25) is 0 Å². The van der Waals surface area contributed by atoms with Crippen molar-refractivity contribution in [3.8, 4) is 11.5 Å². The van der Waals surface area contributed by atoms with Crippen LogP contribution < -0.4 is 14.8 Å². The number of carbonyl (C=O) groups is 2. The summed E-state index contributed by atoms with van der Waals surface area (Å²) in [7, 11) is 0. The normalized spacial score (nSPS) is 10.6. The van der Waals surface area contributed by atoms with Crippen molar-refractivity contribution in [2.45, 2.75) is 13.3 Å². The van der Waals surface area contributed by atoms with Gasteiger partial charge >= 0.3 is 5.97 Å². The standard InChI is InChI=1S/C25H23NO4/c1-2-18-29-23-11-7-6-8-19(23)14-17-24(27)30-22-15-12-20(13-16-22)25(28)26-21-9-4-3-5-10-21/h3-17H,2,18H2,1H3,(H,26,28)/b17-14+. The Hall–Kier alpha value is -3.86. The predicted molar refractivity (Wildman–Crippen MR) is 118 cm³/mol. The lowest BCUT2D eigenvalue weighted by Crippen LogP contribution is -2.11. The average Bonchev–Trinajstić information content (AvgIpc) is 2.78. The first kappa shape index (κ1) is 20.9. The van der Waals surface area contributed by atoms with E-state index < -0.39 is 5.97 Å². The fourth-order valence-electron chi connectivity index (χ4n) is 2.67. The van der Waals surface area contributed by atoms with Gasteiger partial charge in [0.1, 0.15) is 11.5 Å². The molecule has 0 aliphatic heterocycles. The van der Waals surface area contributed by atoms with Crippen molar-refractivity contribution in [3.05, 3.63) is 96.1 Å². The van der Waals surface area contributed by atoms with E-state index in [1.807, 2.05) is 61.5 Å². The molecule has 30 heavy (non-hydrogen) atoms. The molecule has 152 valence electrons. The van der Waals surface area contributed by atoms with Crippen LogP contribution in [0.5, 0.6) is 11.5 Å². The molecular formula is C25H23NO4. The number of rotatable bonds is 8. The van der Waals surface area contributed by atoms with Crippen LogP contribution >= 0.6 is 0 Å². The van der Waals surface area contributed by atoms with Gasteiger partial charge in [-0.15, -0.1) is 0 Å². The van der Waals surface area contributed by atoms with Gasteiger partial charge in [-0.25, -0.2) is 4.79 Å². The zero-order chi connectivity index (χ0) is 21.2. The molecule has 0 fully saturated rings. The topological polar surface area (TPSA) is 64.6 Å². The van der Waals surface area contributed by atoms with E-state index in [1.54, 1.807) is 30.3 Å². The van der Waals surface area contributed by atoms with Gasteiger partial charge in [0.15, 0.2) is 0 Å². The first-order valence-electron chi connectivity index (χ1n) is 9.74. The Labute approximate surface area is 176 Å². The lowest BCUT2D eigenvalue weighted by Gasteiger charge is -2.08. The molecule has 5 heteroatoms. The summed E-state index contributed by atoms with van der Waals surface area (Å²) in [4.78, 5) is 24.4. The van der Waals surface area contributed by atoms with Crippen molar-refractivity contribution >= 4 is 23.6 Å². The number of amides is 1. The lowest BCUT2D eigenvalue weighted by atomic mass is 10.2. The monoisotopic (exact) mass is 401 g/mol. The molecule has 3 rings (SSSR count). The first-order chi connectivity index (χ1) is 14.7. The number of para-hydroxylation sites is 2. The number of nitrogens with one attached hydrogen (secondary N) is 1. The van der Waals surface area contributed by atoms with E-state index in [0.717, 1.165) is 17.7 Å². The molecule has 3 aromatic rings. The van der Waals surface area contributed by atoms with Crippen LogP contribution in [0.15, 0.2) is 84.9 Å². The van der Waals surface area contributed by atoms with Crippen LogP contribution in [0, 0.1) is 0 Å². The molecule has 0 saturated carbocycles. The molecule has 0 atom stereocenters. The Balaban J connectivity index is 1.58. The zero-order valence-corrected chi connectivity index (χ0v) is 16.7. The van der Waals surface area contributed by atoms with Crippen molar-refractivity contribution in [2.75, 3.05) is 11.9 Å². The molecule has 0 aliphatic carbocycles. The summed E-state index contributed by atoms with van der Waals surface area (Å²) in [6, 6.07) is 23.1. The van der Waals surface area contributed by atoms with E-state index in [2.05, 4.69) is 5.32 Å². The minimum absolute atomic E-state index is 0.234. The Morgan fingerprint density at radius 3 is 2.33 bits per heavy atom. The van der Waals surface area contributed by atoms with Crippen molar-refractivity contribution in [1.82, 2.24) is 0 Å². The third-order valence-electron chi connectivity index (χ3n) is 4.15. The molecule has 0 saturated heterocycles. The molecule has 0 bridgehead atoms. The maximum absolute atomic E-state index is 12.3. The van der Waals surface area contributed by atoms with Crippen LogP contribution in [0.25, 0.3) is 6.08 Å². The van der Waals surface area contributed by atoms with Gasteiger partial charge in [0.2, 0.25) is 0 Å². The largest absolute Gasteiger partial charge is 0.493 e. The number of esters is 1. The molecule has 3 aromatic carbocycles. The Morgan fingerprint density at radius 2 is 1.60 bits per heavy atom. The molecule has 0 aliphatic rings. The van der Waals surface area contributed by atoms with Gasteiger partial charge in [-0.1, -0.05) is 43.3 Å². The highest BCUT2D eigenvalue weighted by atomic mass is 16.5. The zero-order valence-electron chi connectivity index (χ0n) is 16.7. The summed E-state index contributed by atoms with van der Waals surface area (Å²) in [5.41, 5.74) is 1.98. The van der Waals surface area contributed by atoms with Gasteiger partial charge in [0.05, 0.1) is 6.61 Å². The van der Waals surface area contributed by atoms with Crippen LogP contribution in [0.4, 0.5) is 5.69 Å². The molecule has 0 aromatic heterocycles. The van der Waals surface area contributed by atoms with Gasteiger partial charge in [-0.2, -0.15) is 0 Å².